The Kier molecular flexibility index (Phi) is 5.53. The van der Waals surface area contributed by atoms with E-state index in [0.717, 1.165) is 5.56 Å². The Bertz CT molecular complexity index is 1350. The van der Waals surface area contributed by atoms with Crippen LogP contribution in [0.1, 0.15) is 36.8 Å². The topological polar surface area (TPSA) is 73.2 Å². The van der Waals surface area contributed by atoms with E-state index in [9.17, 15) is 9.59 Å². The summed E-state index contributed by atoms with van der Waals surface area (Å²) >= 11 is 0. The number of nitrogens with one attached hydrogen (secondary N) is 1. The second kappa shape index (κ2) is 8.30. The van der Waals surface area contributed by atoms with Crippen molar-refractivity contribution in [3.63, 3.8) is 0 Å². The highest BCUT2D eigenvalue weighted by atomic mass is 16.5. The summed E-state index contributed by atoms with van der Waals surface area (Å²) in [6, 6.07) is 21.8. The molecule has 1 aromatic heterocycles. The molecule has 4 aromatic rings. The number of nitrogens with zero attached hydrogens (tertiary/aromatic N) is 2. The zero-order valence-electron chi connectivity index (χ0n) is 18.5. The van der Waals surface area contributed by atoms with Crippen LogP contribution >= 0.6 is 0 Å². The number of aromatic nitrogens is 2. The van der Waals surface area contributed by atoms with E-state index in [1.54, 1.807) is 43.5 Å². The molecule has 0 aliphatic heterocycles. The lowest BCUT2D eigenvalue weighted by atomic mass is 9.87. The van der Waals surface area contributed by atoms with Crippen molar-refractivity contribution in [1.29, 1.82) is 0 Å². The lowest BCUT2D eigenvalue weighted by Gasteiger charge is -2.21. The molecule has 0 unspecified atom stereocenters. The normalized spacial score (nSPS) is 11.4. The molecule has 1 heterocycles. The molecular weight excluding hydrogens is 402 g/mol. The van der Waals surface area contributed by atoms with E-state index in [2.05, 4.69) is 31.2 Å². The SMILES string of the molecule is COc1ccc(C(C)(C)C)cc1NC(=O)c1nn(-c2ccccc2)c(=O)c2ccccc12. The van der Waals surface area contributed by atoms with Gasteiger partial charge in [-0.05, 0) is 41.3 Å². The quantitative estimate of drug-likeness (QED) is 0.500. The lowest BCUT2D eigenvalue weighted by molar-refractivity contribution is 0.102. The highest BCUT2D eigenvalue weighted by molar-refractivity contribution is 6.11. The molecule has 0 saturated heterocycles. The van der Waals surface area contributed by atoms with Gasteiger partial charge >= 0.3 is 0 Å². The third-order valence-corrected chi connectivity index (χ3v) is 5.33. The average Bonchev–Trinajstić information content (AvgIpc) is 2.79. The molecular formula is C26H25N3O3. The summed E-state index contributed by atoms with van der Waals surface area (Å²) in [6.07, 6.45) is 0. The van der Waals surface area contributed by atoms with Crippen molar-refractivity contribution in [3.05, 3.63) is 94.4 Å². The smallest absolute Gasteiger partial charge is 0.279 e. The van der Waals surface area contributed by atoms with Gasteiger partial charge in [0, 0.05) is 5.39 Å². The fourth-order valence-corrected chi connectivity index (χ4v) is 3.56. The Hall–Kier alpha value is -3.93. The minimum Gasteiger partial charge on any atom is -0.495 e. The van der Waals surface area contributed by atoms with E-state index in [-0.39, 0.29) is 16.7 Å². The minimum absolute atomic E-state index is 0.1000. The number of benzene rings is 3. The van der Waals surface area contributed by atoms with Crippen LogP contribution in [0.3, 0.4) is 0 Å². The molecule has 0 aliphatic carbocycles. The second-order valence-electron chi connectivity index (χ2n) is 8.57. The van der Waals surface area contributed by atoms with Crippen LogP contribution in [0.25, 0.3) is 16.5 Å². The first-order chi connectivity index (χ1) is 15.3. The van der Waals surface area contributed by atoms with E-state index in [1.165, 1.54) is 4.68 Å². The molecule has 4 rings (SSSR count). The number of rotatable bonds is 4. The predicted octanol–water partition coefficient (Wildman–Crippen LogP) is 4.94. The first-order valence-corrected chi connectivity index (χ1v) is 10.4. The van der Waals surface area contributed by atoms with Crippen molar-refractivity contribution in [1.82, 2.24) is 9.78 Å². The van der Waals surface area contributed by atoms with Gasteiger partial charge < -0.3 is 10.1 Å². The third kappa shape index (κ3) is 3.99. The number of ether oxygens (including phenoxy) is 1. The van der Waals surface area contributed by atoms with E-state index in [1.807, 2.05) is 36.4 Å². The molecule has 0 radical (unpaired) electrons. The van der Waals surface area contributed by atoms with E-state index in [0.29, 0.717) is 27.9 Å². The largest absolute Gasteiger partial charge is 0.495 e. The summed E-state index contributed by atoms with van der Waals surface area (Å²) in [4.78, 5) is 26.5. The Morgan fingerprint density at radius 2 is 1.59 bits per heavy atom. The summed E-state index contributed by atoms with van der Waals surface area (Å²) in [6.45, 7) is 6.31. The van der Waals surface area contributed by atoms with Gasteiger partial charge in [-0.1, -0.05) is 63.2 Å². The zero-order valence-corrected chi connectivity index (χ0v) is 18.5. The van der Waals surface area contributed by atoms with Crippen LogP contribution in [-0.2, 0) is 5.41 Å². The van der Waals surface area contributed by atoms with Crippen LogP contribution in [0.4, 0.5) is 5.69 Å². The molecule has 1 amide bonds. The maximum atomic E-state index is 13.4. The Labute approximate surface area is 186 Å². The summed E-state index contributed by atoms with van der Waals surface area (Å²) < 4.78 is 6.72. The van der Waals surface area contributed by atoms with Crippen LogP contribution in [0.5, 0.6) is 5.75 Å². The number of carbonyl (C=O) groups is 1. The summed E-state index contributed by atoms with van der Waals surface area (Å²) in [5, 5.41) is 8.30. The first-order valence-electron chi connectivity index (χ1n) is 10.4. The van der Waals surface area contributed by atoms with Gasteiger partial charge in [-0.3, -0.25) is 9.59 Å². The summed E-state index contributed by atoms with van der Waals surface area (Å²) in [7, 11) is 1.56. The molecule has 0 bridgehead atoms. The van der Waals surface area contributed by atoms with E-state index >= 15 is 0 Å². The molecule has 0 spiro atoms. The van der Waals surface area contributed by atoms with Gasteiger partial charge in [-0.2, -0.15) is 9.78 Å². The standard InChI is InChI=1S/C26H25N3O3/c1-26(2,3)17-14-15-22(32-4)21(16-17)27-24(30)23-19-12-8-9-13-20(19)25(31)29(28-23)18-10-6-5-7-11-18/h5-16H,1-4H3,(H,27,30). The average molecular weight is 428 g/mol. The molecule has 0 fully saturated rings. The molecule has 0 atom stereocenters. The summed E-state index contributed by atoms with van der Waals surface area (Å²) in [5.74, 6) is 0.127. The first kappa shape index (κ1) is 21.3. The van der Waals surface area contributed by atoms with Crippen LogP contribution < -0.4 is 15.6 Å². The van der Waals surface area contributed by atoms with E-state index in [4.69, 9.17) is 4.74 Å². The van der Waals surface area contributed by atoms with Crippen LogP contribution in [0, 0.1) is 0 Å². The number of amides is 1. The van der Waals surface area contributed by atoms with Crippen LogP contribution in [-0.4, -0.2) is 22.8 Å². The number of anilines is 1. The predicted molar refractivity (Wildman–Crippen MR) is 127 cm³/mol. The van der Waals surface area contributed by atoms with Crippen molar-refractivity contribution in [3.8, 4) is 11.4 Å². The molecule has 6 heteroatoms. The van der Waals surface area contributed by atoms with Gasteiger partial charge in [0.1, 0.15) is 5.75 Å². The van der Waals surface area contributed by atoms with Crippen molar-refractivity contribution < 1.29 is 9.53 Å². The number of hydrogen-bond acceptors (Lipinski definition) is 4. The Morgan fingerprint density at radius 1 is 0.938 bits per heavy atom. The molecule has 6 nitrogen and oxygen atoms in total. The maximum absolute atomic E-state index is 13.4. The fraction of sp³-hybridized carbons (Fsp3) is 0.192. The monoisotopic (exact) mass is 427 g/mol. The molecule has 3 aromatic carbocycles. The van der Waals surface area contributed by atoms with Crippen molar-refractivity contribution in [2.24, 2.45) is 0 Å². The minimum atomic E-state index is -0.421. The second-order valence-corrected chi connectivity index (χ2v) is 8.57. The summed E-state index contributed by atoms with van der Waals surface area (Å²) in [5.41, 5.74) is 1.97. The molecule has 0 saturated carbocycles. The van der Waals surface area contributed by atoms with Crippen molar-refractivity contribution >= 4 is 22.4 Å². The maximum Gasteiger partial charge on any atom is 0.279 e. The number of fused-ring (bicyclic) bond motifs is 1. The van der Waals surface area contributed by atoms with Gasteiger partial charge in [0.2, 0.25) is 0 Å². The number of carbonyl (C=O) groups excluding carboxylic acids is 1. The van der Waals surface area contributed by atoms with Crippen LogP contribution in [0.15, 0.2) is 77.6 Å². The third-order valence-electron chi connectivity index (χ3n) is 5.33. The lowest BCUT2D eigenvalue weighted by Crippen LogP contribution is -2.26. The van der Waals surface area contributed by atoms with Gasteiger partial charge in [0.15, 0.2) is 5.69 Å². The Morgan fingerprint density at radius 3 is 2.25 bits per heavy atom. The fourth-order valence-electron chi connectivity index (χ4n) is 3.56. The van der Waals surface area contributed by atoms with Crippen molar-refractivity contribution in [2.75, 3.05) is 12.4 Å². The highest BCUT2D eigenvalue weighted by Gasteiger charge is 2.21. The van der Waals surface area contributed by atoms with Crippen LogP contribution in [0.2, 0.25) is 0 Å². The number of para-hydroxylation sites is 1. The van der Waals surface area contributed by atoms with Crippen molar-refractivity contribution in [2.45, 2.75) is 26.2 Å². The van der Waals surface area contributed by atoms with Gasteiger partial charge in [-0.15, -0.1) is 0 Å². The van der Waals surface area contributed by atoms with E-state index < -0.39 is 5.91 Å². The zero-order chi connectivity index (χ0) is 22.9. The number of hydrogen-bond donors (Lipinski definition) is 1. The number of methoxy groups -OCH3 is 1. The highest BCUT2D eigenvalue weighted by Crippen LogP contribution is 2.32. The molecule has 1 N–H and O–H groups in total. The van der Waals surface area contributed by atoms with Gasteiger partial charge in [-0.25, -0.2) is 0 Å². The Balaban J connectivity index is 1.85. The van der Waals surface area contributed by atoms with Gasteiger partial charge in [0.05, 0.1) is 23.9 Å². The molecule has 0 aliphatic rings. The van der Waals surface area contributed by atoms with Gasteiger partial charge in [0.25, 0.3) is 11.5 Å². The molecule has 162 valence electrons. The molecule has 32 heavy (non-hydrogen) atoms.